The lowest BCUT2D eigenvalue weighted by molar-refractivity contribution is -0.224. The molecule has 0 bridgehead atoms. The summed E-state index contributed by atoms with van der Waals surface area (Å²) in [5.41, 5.74) is 1.43. The fourth-order valence-corrected chi connectivity index (χ4v) is 6.96. The topological polar surface area (TPSA) is 27.7 Å². The summed E-state index contributed by atoms with van der Waals surface area (Å²) in [6, 6.07) is 7.80. The predicted molar refractivity (Wildman–Crippen MR) is 151 cm³/mol. The van der Waals surface area contributed by atoms with E-state index in [9.17, 15) is 17.6 Å². The highest BCUT2D eigenvalue weighted by molar-refractivity contribution is 5.29. The summed E-state index contributed by atoms with van der Waals surface area (Å²) in [5.74, 6) is -2.62. The van der Waals surface area contributed by atoms with Gasteiger partial charge in [-0.05, 0) is 106 Å². The van der Waals surface area contributed by atoms with Crippen LogP contribution in [0.1, 0.15) is 94.5 Å². The van der Waals surface area contributed by atoms with Crippen molar-refractivity contribution in [3.8, 4) is 5.75 Å². The lowest BCUT2D eigenvalue weighted by Gasteiger charge is -2.39. The molecular weight excluding hydrogens is 551 g/mol. The van der Waals surface area contributed by atoms with Gasteiger partial charge in [0.15, 0.2) is 17.9 Å². The lowest BCUT2D eigenvalue weighted by atomic mass is 9.68. The summed E-state index contributed by atoms with van der Waals surface area (Å²) < 4.78 is 88.0. The van der Waals surface area contributed by atoms with Crippen LogP contribution in [0.3, 0.4) is 0 Å². The van der Waals surface area contributed by atoms with E-state index in [1.165, 1.54) is 0 Å². The Morgan fingerprint density at radius 1 is 0.786 bits per heavy atom. The van der Waals surface area contributed by atoms with Crippen LogP contribution >= 0.6 is 0 Å². The minimum Gasteiger partial charge on any atom is -0.432 e. The first-order valence-corrected chi connectivity index (χ1v) is 15.4. The Balaban J connectivity index is 1.08. The van der Waals surface area contributed by atoms with Crippen molar-refractivity contribution in [1.82, 2.24) is 0 Å². The minimum absolute atomic E-state index is 0.142. The third-order valence-electron chi connectivity index (χ3n) is 9.41. The van der Waals surface area contributed by atoms with Crippen LogP contribution in [0.4, 0.5) is 22.0 Å². The zero-order chi connectivity index (χ0) is 29.7. The number of hydrogen-bond acceptors (Lipinski definition) is 3. The van der Waals surface area contributed by atoms with Crippen molar-refractivity contribution >= 4 is 0 Å². The molecule has 2 saturated carbocycles. The highest BCUT2D eigenvalue weighted by Gasteiger charge is 2.45. The molecule has 0 atom stereocenters. The number of alkyl halides is 2. The average Bonchev–Trinajstić information content (AvgIpc) is 2.99. The second kappa shape index (κ2) is 13.9. The second-order valence-electron chi connectivity index (χ2n) is 12.2. The van der Waals surface area contributed by atoms with Crippen molar-refractivity contribution in [3.63, 3.8) is 0 Å². The van der Waals surface area contributed by atoms with Gasteiger partial charge in [0.2, 0.25) is 0 Å². The largest absolute Gasteiger partial charge is 0.432 e. The molecule has 8 heteroatoms. The monoisotopic (exact) mass is 592 g/mol. The van der Waals surface area contributed by atoms with Crippen LogP contribution in [0, 0.1) is 41.1 Å². The first-order chi connectivity index (χ1) is 20.2. The Morgan fingerprint density at radius 3 is 2.07 bits per heavy atom. The predicted octanol–water partition coefficient (Wildman–Crippen LogP) is 9.87. The Kier molecular flexibility index (Phi) is 10.3. The van der Waals surface area contributed by atoms with Crippen molar-refractivity contribution in [2.75, 3.05) is 13.2 Å². The van der Waals surface area contributed by atoms with Crippen molar-refractivity contribution in [2.45, 2.75) is 89.4 Å². The van der Waals surface area contributed by atoms with Crippen LogP contribution in [0.25, 0.3) is 0 Å². The van der Waals surface area contributed by atoms with Gasteiger partial charge >= 0.3 is 6.11 Å². The Hall–Kier alpha value is -2.45. The van der Waals surface area contributed by atoms with Crippen LogP contribution in [-0.2, 0) is 9.47 Å². The molecule has 1 aliphatic heterocycles. The van der Waals surface area contributed by atoms with E-state index in [0.29, 0.717) is 68.3 Å². The number of allylic oxidation sites excluding steroid dienone is 2. The summed E-state index contributed by atoms with van der Waals surface area (Å²) >= 11 is 0. The van der Waals surface area contributed by atoms with Gasteiger partial charge in [-0.3, -0.25) is 0 Å². The maximum Gasteiger partial charge on any atom is 0.400 e. The molecule has 1 saturated heterocycles. The molecule has 0 aromatic heterocycles. The van der Waals surface area contributed by atoms with E-state index < -0.39 is 30.0 Å². The third kappa shape index (κ3) is 7.54. The molecular formula is C34H41F5O3. The fourth-order valence-electron chi connectivity index (χ4n) is 6.96. The van der Waals surface area contributed by atoms with Gasteiger partial charge in [-0.25, -0.2) is 13.2 Å². The molecule has 2 aliphatic carbocycles. The summed E-state index contributed by atoms with van der Waals surface area (Å²) in [5, 5.41) is 0. The standard InChI is InChI=1S/C34H41F5O3/c1-2-3-4-5-22-20-40-33(41-21-22)26-12-16-29(31(36)18-26)25-8-6-23(7-9-25)24-10-13-27(14-11-24)34(38,39)42-28-15-17-30(35)32(37)19-28/h3-4,12,15-19,22-25,27,33H,2,5-11,13-14,20-21H2,1H3/b4-3-. The molecule has 0 amide bonds. The molecule has 0 unspecified atom stereocenters. The van der Waals surface area contributed by atoms with Gasteiger partial charge in [-0.15, -0.1) is 0 Å². The van der Waals surface area contributed by atoms with Crippen molar-refractivity contribution < 1.29 is 36.2 Å². The van der Waals surface area contributed by atoms with Gasteiger partial charge < -0.3 is 14.2 Å². The maximum atomic E-state index is 15.2. The maximum absolute atomic E-state index is 15.2. The molecule has 1 heterocycles. The molecule has 5 rings (SSSR count). The van der Waals surface area contributed by atoms with Gasteiger partial charge in [0.25, 0.3) is 0 Å². The number of benzene rings is 2. The molecule has 0 spiro atoms. The smallest absolute Gasteiger partial charge is 0.400 e. The third-order valence-corrected chi connectivity index (χ3v) is 9.41. The molecule has 42 heavy (non-hydrogen) atoms. The zero-order valence-electron chi connectivity index (χ0n) is 24.2. The van der Waals surface area contributed by atoms with Crippen molar-refractivity contribution in [2.24, 2.45) is 23.7 Å². The zero-order valence-corrected chi connectivity index (χ0v) is 24.2. The van der Waals surface area contributed by atoms with E-state index in [1.807, 2.05) is 12.1 Å². The summed E-state index contributed by atoms with van der Waals surface area (Å²) in [6.45, 7) is 3.28. The fraction of sp³-hybridized carbons (Fsp3) is 0.588. The highest BCUT2D eigenvalue weighted by atomic mass is 19.3. The normalized spacial score (nSPS) is 29.1. The molecule has 0 radical (unpaired) electrons. The first kappa shape index (κ1) is 31.0. The molecule has 2 aromatic carbocycles. The van der Waals surface area contributed by atoms with Crippen molar-refractivity contribution in [3.05, 3.63) is 77.1 Å². The summed E-state index contributed by atoms with van der Waals surface area (Å²) in [4.78, 5) is 0. The van der Waals surface area contributed by atoms with Gasteiger partial charge in [-0.1, -0.05) is 31.2 Å². The van der Waals surface area contributed by atoms with E-state index in [1.54, 1.807) is 6.07 Å². The van der Waals surface area contributed by atoms with Gasteiger partial charge in [0.05, 0.1) is 19.1 Å². The van der Waals surface area contributed by atoms with E-state index in [2.05, 4.69) is 19.1 Å². The van der Waals surface area contributed by atoms with E-state index in [0.717, 1.165) is 56.2 Å². The van der Waals surface area contributed by atoms with Crippen molar-refractivity contribution in [1.29, 1.82) is 0 Å². The number of halogens is 5. The minimum atomic E-state index is -3.45. The second-order valence-corrected chi connectivity index (χ2v) is 12.2. The van der Waals surface area contributed by atoms with Gasteiger partial charge in [0.1, 0.15) is 11.6 Å². The van der Waals surface area contributed by atoms with E-state index >= 15 is 4.39 Å². The summed E-state index contributed by atoms with van der Waals surface area (Å²) in [6.07, 6.45) is 7.87. The molecule has 0 N–H and O–H groups in total. The molecule has 3 fully saturated rings. The van der Waals surface area contributed by atoms with Crippen LogP contribution in [0.5, 0.6) is 5.75 Å². The Labute approximate surface area is 245 Å². The van der Waals surface area contributed by atoms with Crippen LogP contribution in [-0.4, -0.2) is 19.3 Å². The Morgan fingerprint density at radius 2 is 1.45 bits per heavy atom. The van der Waals surface area contributed by atoms with Gasteiger partial charge in [-0.2, -0.15) is 8.78 Å². The first-order valence-electron chi connectivity index (χ1n) is 15.4. The molecule has 2 aromatic rings. The summed E-state index contributed by atoms with van der Waals surface area (Å²) in [7, 11) is 0. The molecule has 3 aliphatic rings. The lowest BCUT2D eigenvalue weighted by Crippen LogP contribution is -2.38. The quantitative estimate of drug-likeness (QED) is 0.214. The van der Waals surface area contributed by atoms with Gasteiger partial charge in [0, 0.05) is 17.5 Å². The number of hydrogen-bond donors (Lipinski definition) is 0. The van der Waals surface area contributed by atoms with Crippen LogP contribution in [0.2, 0.25) is 0 Å². The van der Waals surface area contributed by atoms with Crippen LogP contribution in [0.15, 0.2) is 48.6 Å². The SMILES string of the molecule is CC/C=C\CC1COC(c2ccc(C3CCC(C4CCC(C(F)(F)Oc5ccc(F)c(F)c5)CC4)CC3)c(F)c2)OC1. The molecule has 3 nitrogen and oxygen atoms in total. The van der Waals surface area contributed by atoms with Crippen LogP contribution < -0.4 is 4.74 Å². The highest BCUT2D eigenvalue weighted by Crippen LogP contribution is 2.47. The number of ether oxygens (including phenoxy) is 3. The number of rotatable bonds is 9. The van der Waals surface area contributed by atoms with E-state index in [4.69, 9.17) is 14.2 Å². The Bertz CT molecular complexity index is 1190. The molecule has 230 valence electrons. The van der Waals surface area contributed by atoms with E-state index in [-0.39, 0.29) is 17.5 Å². The average molecular weight is 593 g/mol.